The van der Waals surface area contributed by atoms with Crippen LogP contribution >= 0.6 is 0 Å². The Morgan fingerprint density at radius 3 is 2.24 bits per heavy atom. The first-order valence-corrected chi connectivity index (χ1v) is 7.81. The quantitative estimate of drug-likeness (QED) is 0.544. The lowest BCUT2D eigenvalue weighted by Gasteiger charge is -2.31. The van der Waals surface area contributed by atoms with E-state index in [1.54, 1.807) is 30.6 Å². The van der Waals surface area contributed by atoms with Crippen LogP contribution in [0.15, 0.2) is 55.0 Å². The summed E-state index contributed by atoms with van der Waals surface area (Å²) >= 11 is 0. The molecule has 0 saturated carbocycles. The predicted molar refractivity (Wildman–Crippen MR) is 87.9 cm³/mol. The van der Waals surface area contributed by atoms with Crippen molar-refractivity contribution in [3.63, 3.8) is 0 Å². The van der Waals surface area contributed by atoms with E-state index in [0.717, 1.165) is 11.1 Å². The summed E-state index contributed by atoms with van der Waals surface area (Å²) in [6, 6.07) is 10.4. The lowest BCUT2D eigenvalue weighted by molar-refractivity contribution is -0.153. The van der Waals surface area contributed by atoms with Crippen LogP contribution < -0.4 is 0 Å². The third-order valence-electron chi connectivity index (χ3n) is 4.27. The molecule has 3 aromatic heterocycles. The fraction of sp³-hybridized carbons (Fsp3) is 0.158. The van der Waals surface area contributed by atoms with Crippen molar-refractivity contribution in [2.24, 2.45) is 0 Å². The first kappa shape index (κ1) is 15.4. The molecule has 0 saturated heterocycles. The summed E-state index contributed by atoms with van der Waals surface area (Å²) in [6.07, 6.45) is 5.01. The van der Waals surface area contributed by atoms with E-state index in [2.05, 4.69) is 15.0 Å². The number of carbonyl (C=O) groups excluding carboxylic acids is 1. The Hall–Kier alpha value is -3.15. The second kappa shape index (κ2) is 5.73. The maximum atomic E-state index is 13.6. The van der Waals surface area contributed by atoms with E-state index in [1.807, 2.05) is 12.1 Å². The van der Waals surface area contributed by atoms with Crippen LogP contribution in [0.3, 0.4) is 0 Å². The number of esters is 1. The van der Waals surface area contributed by atoms with Gasteiger partial charge in [-0.1, -0.05) is 12.1 Å². The topological polar surface area (TPSA) is 65.0 Å². The van der Waals surface area contributed by atoms with Gasteiger partial charge in [-0.15, -0.1) is 0 Å². The summed E-state index contributed by atoms with van der Waals surface area (Å²) in [4.78, 5) is 24.4. The monoisotopic (exact) mass is 335 g/mol. The molecular weight excluding hydrogens is 321 g/mol. The Kier molecular flexibility index (Phi) is 3.53. The smallest absolute Gasteiger partial charge is 0.303 e. The van der Waals surface area contributed by atoms with Gasteiger partial charge in [0.15, 0.2) is 5.60 Å². The first-order valence-electron chi connectivity index (χ1n) is 7.81. The molecule has 1 aliphatic rings. The molecule has 6 heteroatoms. The molecule has 0 atom stereocenters. The van der Waals surface area contributed by atoms with E-state index >= 15 is 0 Å². The van der Waals surface area contributed by atoms with Gasteiger partial charge in [0.25, 0.3) is 0 Å². The zero-order valence-electron chi connectivity index (χ0n) is 13.4. The molecule has 0 spiro atoms. The highest BCUT2D eigenvalue weighted by molar-refractivity contribution is 5.77. The Morgan fingerprint density at radius 1 is 1.04 bits per heavy atom. The Morgan fingerprint density at radius 2 is 1.68 bits per heavy atom. The molecule has 124 valence electrons. The van der Waals surface area contributed by atoms with Crippen molar-refractivity contribution in [3.8, 4) is 11.4 Å². The fourth-order valence-corrected chi connectivity index (χ4v) is 3.41. The van der Waals surface area contributed by atoms with Crippen molar-refractivity contribution in [2.75, 3.05) is 0 Å². The van der Waals surface area contributed by atoms with E-state index in [4.69, 9.17) is 4.74 Å². The van der Waals surface area contributed by atoms with Crippen LogP contribution in [0.5, 0.6) is 0 Å². The summed E-state index contributed by atoms with van der Waals surface area (Å²) < 4.78 is 19.4. The number of fused-ring (bicyclic) bond motifs is 3. The summed E-state index contributed by atoms with van der Waals surface area (Å²) in [5.74, 6) is -1.01. The number of nitrogens with zero attached hydrogens (tertiary/aromatic N) is 3. The SMILES string of the molecule is CC(=O)OC1(Cc2ccnc(F)c2)c2cccnc2-c2ncccc21. The maximum absolute atomic E-state index is 13.6. The number of halogens is 1. The van der Waals surface area contributed by atoms with Gasteiger partial charge >= 0.3 is 5.97 Å². The van der Waals surface area contributed by atoms with Gasteiger partial charge < -0.3 is 4.74 Å². The molecule has 0 bridgehead atoms. The minimum atomic E-state index is -1.09. The van der Waals surface area contributed by atoms with Crippen molar-refractivity contribution >= 4 is 5.97 Å². The molecule has 0 radical (unpaired) electrons. The maximum Gasteiger partial charge on any atom is 0.303 e. The molecule has 3 heterocycles. The van der Waals surface area contributed by atoms with Gasteiger partial charge in [0.1, 0.15) is 0 Å². The van der Waals surface area contributed by atoms with Gasteiger partial charge in [-0.2, -0.15) is 4.39 Å². The van der Waals surface area contributed by atoms with Gasteiger partial charge in [-0.3, -0.25) is 14.8 Å². The first-order chi connectivity index (χ1) is 12.1. The van der Waals surface area contributed by atoms with Gasteiger partial charge in [0.2, 0.25) is 5.95 Å². The van der Waals surface area contributed by atoms with Crippen molar-refractivity contribution < 1.29 is 13.9 Å². The van der Waals surface area contributed by atoms with E-state index < -0.39 is 17.5 Å². The van der Waals surface area contributed by atoms with Crippen LogP contribution in [-0.4, -0.2) is 20.9 Å². The number of aromatic nitrogens is 3. The molecule has 0 aromatic carbocycles. The molecule has 4 rings (SSSR count). The molecule has 0 unspecified atom stereocenters. The van der Waals surface area contributed by atoms with Gasteiger partial charge in [0.05, 0.1) is 11.4 Å². The third-order valence-corrected chi connectivity index (χ3v) is 4.27. The molecule has 0 amide bonds. The van der Waals surface area contributed by atoms with Gasteiger partial charge in [-0.25, -0.2) is 4.98 Å². The fourth-order valence-electron chi connectivity index (χ4n) is 3.41. The molecule has 0 N–H and O–H groups in total. The standard InChI is InChI=1S/C19H14FN3O2/c1-12(24)25-19(11-13-6-9-21-16(20)10-13)14-4-2-7-22-17(14)18-15(19)5-3-8-23-18/h2-10H,11H2,1H3. The van der Waals surface area contributed by atoms with E-state index in [-0.39, 0.29) is 6.42 Å². The van der Waals surface area contributed by atoms with Crippen molar-refractivity contribution in [1.29, 1.82) is 0 Å². The largest absolute Gasteiger partial charge is 0.449 e. The van der Waals surface area contributed by atoms with Crippen molar-refractivity contribution in [3.05, 3.63) is 77.6 Å². The van der Waals surface area contributed by atoms with Gasteiger partial charge in [0, 0.05) is 43.1 Å². The Balaban J connectivity index is 1.96. The van der Waals surface area contributed by atoms with Crippen LogP contribution in [0.4, 0.5) is 4.39 Å². The van der Waals surface area contributed by atoms with E-state index in [0.29, 0.717) is 17.0 Å². The summed E-state index contributed by atoms with van der Waals surface area (Å²) in [5, 5.41) is 0. The third kappa shape index (κ3) is 2.46. The van der Waals surface area contributed by atoms with Crippen LogP contribution in [0.25, 0.3) is 11.4 Å². The summed E-state index contributed by atoms with van der Waals surface area (Å²) in [7, 11) is 0. The minimum Gasteiger partial charge on any atom is -0.449 e. The molecule has 1 aliphatic carbocycles. The average Bonchev–Trinajstić information content (AvgIpc) is 2.86. The zero-order chi connectivity index (χ0) is 17.4. The number of hydrogen-bond acceptors (Lipinski definition) is 5. The summed E-state index contributed by atoms with van der Waals surface area (Å²) in [6.45, 7) is 1.36. The van der Waals surface area contributed by atoms with Crippen molar-refractivity contribution in [1.82, 2.24) is 15.0 Å². The van der Waals surface area contributed by atoms with Crippen LogP contribution in [-0.2, 0) is 21.6 Å². The normalized spacial score (nSPS) is 13.8. The van der Waals surface area contributed by atoms with Crippen LogP contribution in [0.1, 0.15) is 23.6 Å². The molecule has 0 fully saturated rings. The zero-order valence-corrected chi connectivity index (χ0v) is 13.4. The molecule has 3 aromatic rings. The van der Waals surface area contributed by atoms with E-state index in [9.17, 15) is 9.18 Å². The molecule has 25 heavy (non-hydrogen) atoms. The Labute approximate surface area is 143 Å². The number of hydrogen-bond donors (Lipinski definition) is 0. The second-order valence-electron chi connectivity index (χ2n) is 5.88. The number of rotatable bonds is 3. The summed E-state index contributed by atoms with van der Waals surface area (Å²) in [5.41, 5.74) is 2.42. The molecular formula is C19H14FN3O2. The van der Waals surface area contributed by atoms with Crippen molar-refractivity contribution in [2.45, 2.75) is 18.9 Å². The molecule has 5 nitrogen and oxygen atoms in total. The lowest BCUT2D eigenvalue weighted by atomic mass is 9.85. The highest BCUT2D eigenvalue weighted by atomic mass is 19.1. The molecule has 0 aliphatic heterocycles. The number of pyridine rings is 3. The van der Waals surface area contributed by atoms with Gasteiger partial charge in [-0.05, 0) is 29.8 Å². The highest BCUT2D eigenvalue weighted by Gasteiger charge is 2.47. The average molecular weight is 335 g/mol. The number of carbonyl (C=O) groups is 1. The predicted octanol–water partition coefficient (Wildman–Crippen LogP) is 3.04. The second-order valence-corrected chi connectivity index (χ2v) is 5.88. The highest BCUT2D eigenvalue weighted by Crippen LogP contribution is 2.49. The van der Waals surface area contributed by atoms with E-state index in [1.165, 1.54) is 19.2 Å². The number of ether oxygens (including phenoxy) is 1. The minimum absolute atomic E-state index is 0.267. The van der Waals surface area contributed by atoms with Crippen LogP contribution in [0.2, 0.25) is 0 Å². The Bertz CT molecular complexity index is 929. The van der Waals surface area contributed by atoms with Crippen LogP contribution in [0, 0.1) is 5.95 Å². The lowest BCUT2D eigenvalue weighted by Crippen LogP contribution is -2.33.